The molecule has 1 aromatic carbocycles. The maximum atomic E-state index is 11.1. The Morgan fingerprint density at radius 3 is 2.61 bits per heavy atom. The number of nitrogens with one attached hydrogen (secondary N) is 1. The predicted octanol–water partition coefficient (Wildman–Crippen LogP) is 2.74. The summed E-state index contributed by atoms with van der Waals surface area (Å²) in [5.41, 5.74) is 1.32. The van der Waals surface area contributed by atoms with Crippen LogP contribution in [0.15, 0.2) is 12.1 Å². The lowest BCUT2D eigenvalue weighted by Gasteiger charge is -2.17. The first-order valence-corrected chi connectivity index (χ1v) is 7.43. The van der Waals surface area contributed by atoms with Gasteiger partial charge in [0, 0.05) is 41.0 Å². The summed E-state index contributed by atoms with van der Waals surface area (Å²) >= 11 is 6.02. The molecule has 0 amide bonds. The van der Waals surface area contributed by atoms with Crippen molar-refractivity contribution in [1.82, 2.24) is 0 Å². The maximum Gasteiger partial charge on any atom is 0.271 e. The summed E-state index contributed by atoms with van der Waals surface area (Å²) < 4.78 is 11.1. The highest BCUT2D eigenvalue weighted by Gasteiger charge is 2.15. The first kappa shape index (κ1) is 14.9. The molecule has 2 atom stereocenters. The van der Waals surface area contributed by atoms with Crippen molar-refractivity contribution < 1.29 is 9.13 Å². The molecule has 7 heteroatoms. The van der Waals surface area contributed by atoms with Gasteiger partial charge in [0.25, 0.3) is 5.69 Å². The number of nitrogens with zero attached hydrogens (tertiary/aromatic N) is 1. The minimum absolute atomic E-state index is 0.0199. The van der Waals surface area contributed by atoms with Gasteiger partial charge in [-0.2, -0.15) is 0 Å². The van der Waals surface area contributed by atoms with E-state index >= 15 is 0 Å². The second-order valence-corrected chi connectivity index (χ2v) is 6.05. The first-order chi connectivity index (χ1) is 8.31. The molecule has 0 saturated carbocycles. The molecule has 1 rings (SSSR count). The molecular formula is C11H15ClN2O3S. The largest absolute Gasteiger partial charge is 0.380 e. The zero-order valence-corrected chi connectivity index (χ0v) is 12.0. The minimum atomic E-state index is -0.908. The van der Waals surface area contributed by atoms with Crippen LogP contribution in [0.25, 0.3) is 0 Å². The minimum Gasteiger partial charge on any atom is -0.380 e. The summed E-state index contributed by atoms with van der Waals surface area (Å²) in [6.07, 6.45) is 1.63. The van der Waals surface area contributed by atoms with Gasteiger partial charge in [-0.05, 0) is 19.4 Å². The average molecular weight is 291 g/mol. The fourth-order valence-electron chi connectivity index (χ4n) is 1.65. The highest BCUT2D eigenvalue weighted by molar-refractivity contribution is 7.84. The highest BCUT2D eigenvalue weighted by atomic mass is 35.5. The van der Waals surface area contributed by atoms with E-state index in [4.69, 9.17) is 11.6 Å². The average Bonchev–Trinajstić information content (AvgIpc) is 2.21. The summed E-state index contributed by atoms with van der Waals surface area (Å²) in [4.78, 5) is 10.2. The normalized spacial score (nSPS) is 14.0. The Bertz CT molecular complexity index is 470. The summed E-state index contributed by atoms with van der Waals surface area (Å²) in [6, 6.07) is 2.75. The number of hydrogen-bond donors (Lipinski definition) is 1. The molecular weight excluding hydrogens is 276 g/mol. The molecule has 0 aliphatic rings. The first-order valence-electron chi connectivity index (χ1n) is 5.32. The van der Waals surface area contributed by atoms with E-state index in [1.165, 1.54) is 12.1 Å². The Morgan fingerprint density at radius 1 is 1.56 bits per heavy atom. The topological polar surface area (TPSA) is 72.2 Å². The van der Waals surface area contributed by atoms with Gasteiger partial charge in [0.2, 0.25) is 0 Å². The molecule has 0 bridgehead atoms. The van der Waals surface area contributed by atoms with Crippen molar-refractivity contribution in [3.8, 4) is 0 Å². The van der Waals surface area contributed by atoms with Crippen LogP contribution >= 0.6 is 11.6 Å². The number of rotatable bonds is 5. The van der Waals surface area contributed by atoms with Gasteiger partial charge in [-0.25, -0.2) is 0 Å². The number of nitro groups is 1. The quantitative estimate of drug-likeness (QED) is 0.668. The van der Waals surface area contributed by atoms with Crippen molar-refractivity contribution in [3.63, 3.8) is 0 Å². The highest BCUT2D eigenvalue weighted by Crippen LogP contribution is 2.31. The van der Waals surface area contributed by atoms with Crippen molar-refractivity contribution in [3.05, 3.63) is 32.8 Å². The van der Waals surface area contributed by atoms with E-state index in [1.807, 2.05) is 6.92 Å². The Kier molecular flexibility index (Phi) is 5.10. The van der Waals surface area contributed by atoms with Crippen molar-refractivity contribution in [2.24, 2.45) is 0 Å². The van der Waals surface area contributed by atoms with E-state index in [0.29, 0.717) is 22.0 Å². The van der Waals surface area contributed by atoms with Gasteiger partial charge in [0.05, 0.1) is 15.6 Å². The monoisotopic (exact) mass is 290 g/mol. The summed E-state index contributed by atoms with van der Waals surface area (Å²) in [5, 5.41) is 14.1. The summed E-state index contributed by atoms with van der Waals surface area (Å²) in [6.45, 7) is 3.63. The number of nitro benzene ring substituents is 1. The third kappa shape index (κ3) is 3.96. The Balaban J connectivity index is 2.96. The van der Waals surface area contributed by atoms with Gasteiger partial charge in [0.1, 0.15) is 0 Å². The molecule has 0 aromatic heterocycles. The van der Waals surface area contributed by atoms with E-state index in [-0.39, 0.29) is 11.7 Å². The van der Waals surface area contributed by atoms with Crippen LogP contribution in [-0.2, 0) is 10.8 Å². The molecule has 0 saturated heterocycles. The molecule has 0 unspecified atom stereocenters. The molecule has 0 heterocycles. The van der Waals surface area contributed by atoms with Crippen LogP contribution in [0.5, 0.6) is 0 Å². The maximum absolute atomic E-state index is 11.1. The smallest absolute Gasteiger partial charge is 0.271 e. The second kappa shape index (κ2) is 6.15. The van der Waals surface area contributed by atoms with Gasteiger partial charge >= 0.3 is 0 Å². The summed E-state index contributed by atoms with van der Waals surface area (Å²) in [5.74, 6) is 0.493. The van der Waals surface area contributed by atoms with Crippen LogP contribution in [-0.4, -0.2) is 27.2 Å². The third-order valence-corrected chi connectivity index (χ3v) is 3.63. The van der Waals surface area contributed by atoms with Gasteiger partial charge in [0.15, 0.2) is 0 Å². The fraction of sp³-hybridized carbons (Fsp3) is 0.455. The molecule has 5 nitrogen and oxygen atoms in total. The SMILES string of the molecule is Cc1cc([N+](=O)[O-])cc(Cl)c1N[C@@H](C)C[S@](C)=O. The third-order valence-electron chi connectivity index (χ3n) is 2.36. The van der Waals surface area contributed by atoms with Gasteiger partial charge < -0.3 is 5.32 Å². The second-order valence-electron chi connectivity index (χ2n) is 4.16. The Labute approximate surface area is 113 Å². The standard InChI is InChI=1S/C11H15ClN2O3S/c1-7-4-9(14(15)16)5-10(12)11(7)13-8(2)6-18(3)17/h4-5,8,13H,6H2,1-3H3/t8-,18-/m0/s1. The van der Waals surface area contributed by atoms with Crippen molar-refractivity contribution >= 4 is 33.8 Å². The predicted molar refractivity (Wildman–Crippen MR) is 74.9 cm³/mol. The fourth-order valence-corrected chi connectivity index (χ4v) is 2.76. The zero-order chi connectivity index (χ0) is 13.9. The van der Waals surface area contributed by atoms with Crippen LogP contribution in [0.4, 0.5) is 11.4 Å². The molecule has 0 aliphatic heterocycles. The molecule has 0 spiro atoms. The van der Waals surface area contributed by atoms with Crippen LogP contribution in [0.2, 0.25) is 5.02 Å². The molecule has 18 heavy (non-hydrogen) atoms. The van der Waals surface area contributed by atoms with E-state index in [1.54, 1.807) is 13.2 Å². The Morgan fingerprint density at radius 2 is 2.17 bits per heavy atom. The molecule has 0 aliphatic carbocycles. The molecule has 0 fully saturated rings. The number of non-ortho nitro benzene ring substituents is 1. The lowest BCUT2D eigenvalue weighted by Crippen LogP contribution is -2.23. The van der Waals surface area contributed by atoms with Crippen molar-refractivity contribution in [2.75, 3.05) is 17.3 Å². The number of benzene rings is 1. The van der Waals surface area contributed by atoms with E-state index in [9.17, 15) is 14.3 Å². The van der Waals surface area contributed by atoms with Gasteiger partial charge in [-0.3, -0.25) is 14.3 Å². The van der Waals surface area contributed by atoms with Crippen molar-refractivity contribution in [1.29, 1.82) is 0 Å². The zero-order valence-electron chi connectivity index (χ0n) is 10.4. The van der Waals surface area contributed by atoms with Crippen LogP contribution in [0.1, 0.15) is 12.5 Å². The van der Waals surface area contributed by atoms with Crippen LogP contribution < -0.4 is 5.32 Å². The lowest BCUT2D eigenvalue weighted by molar-refractivity contribution is -0.384. The number of anilines is 1. The molecule has 1 N–H and O–H groups in total. The van der Waals surface area contributed by atoms with Crippen LogP contribution in [0, 0.1) is 17.0 Å². The van der Waals surface area contributed by atoms with Crippen LogP contribution in [0.3, 0.4) is 0 Å². The molecule has 100 valence electrons. The molecule has 0 radical (unpaired) electrons. The van der Waals surface area contributed by atoms with Gasteiger partial charge in [-0.15, -0.1) is 0 Å². The van der Waals surface area contributed by atoms with Crippen molar-refractivity contribution in [2.45, 2.75) is 19.9 Å². The number of hydrogen-bond acceptors (Lipinski definition) is 4. The van der Waals surface area contributed by atoms with E-state index in [2.05, 4.69) is 5.32 Å². The number of aryl methyl sites for hydroxylation is 1. The number of halogens is 1. The van der Waals surface area contributed by atoms with E-state index in [0.717, 1.165) is 0 Å². The van der Waals surface area contributed by atoms with Gasteiger partial charge in [-0.1, -0.05) is 11.6 Å². The lowest BCUT2D eigenvalue weighted by atomic mass is 10.1. The Hall–Kier alpha value is -1.14. The summed E-state index contributed by atoms with van der Waals surface area (Å²) in [7, 11) is -0.908. The molecule has 1 aromatic rings. The van der Waals surface area contributed by atoms with E-state index < -0.39 is 15.7 Å².